The van der Waals surface area contributed by atoms with Gasteiger partial charge in [0.25, 0.3) is 0 Å². The molecule has 0 saturated carbocycles. The first-order valence-corrected chi connectivity index (χ1v) is 7.01. The number of hydrogen-bond acceptors (Lipinski definition) is 3. The van der Waals surface area contributed by atoms with Crippen molar-refractivity contribution in [3.8, 4) is 5.75 Å². The number of carbonyl (C=O) groups excluding carboxylic acids is 1. The summed E-state index contributed by atoms with van der Waals surface area (Å²) in [6, 6.07) is 7.73. The zero-order chi connectivity index (χ0) is 15.9. The highest BCUT2D eigenvalue weighted by Crippen LogP contribution is 2.12. The summed E-state index contributed by atoms with van der Waals surface area (Å²) in [5.74, 6) is -0.302. The number of hydrogen-bond donors (Lipinski definition) is 2. The van der Waals surface area contributed by atoms with Crippen molar-refractivity contribution in [3.63, 3.8) is 0 Å². The number of carbonyl (C=O) groups is 2. The fraction of sp³-hybridized carbons (Fsp3) is 0.500. The molecule has 0 saturated heterocycles. The molecule has 116 valence electrons. The molecule has 1 aromatic carbocycles. The second kappa shape index (κ2) is 7.67. The smallest absolute Gasteiger partial charge is 0.305 e. The van der Waals surface area contributed by atoms with Crippen LogP contribution in [0.3, 0.4) is 0 Å². The van der Waals surface area contributed by atoms with E-state index < -0.39 is 11.5 Å². The van der Waals surface area contributed by atoms with Crippen molar-refractivity contribution in [2.75, 3.05) is 6.61 Å². The maximum atomic E-state index is 11.7. The fourth-order valence-electron chi connectivity index (χ4n) is 1.92. The molecule has 5 heteroatoms. The van der Waals surface area contributed by atoms with Gasteiger partial charge in [-0.1, -0.05) is 17.7 Å². The Labute approximate surface area is 125 Å². The number of aryl methyl sites for hydroxylation is 1. The summed E-state index contributed by atoms with van der Waals surface area (Å²) in [5, 5.41) is 11.5. The standard InChI is InChI=1S/C16H23NO4/c1-12-6-8-13(9-7-12)21-10-4-5-14(18)17-16(2,3)11-15(19)20/h6-9H,4-5,10-11H2,1-3H3,(H,17,18)(H,19,20). The second-order valence-corrected chi connectivity index (χ2v) is 5.77. The Bertz CT molecular complexity index is 480. The van der Waals surface area contributed by atoms with E-state index in [0.717, 1.165) is 5.75 Å². The molecule has 0 atom stereocenters. The molecule has 1 aromatic rings. The van der Waals surface area contributed by atoms with Gasteiger partial charge in [0.1, 0.15) is 5.75 Å². The van der Waals surface area contributed by atoms with E-state index in [-0.39, 0.29) is 12.3 Å². The van der Waals surface area contributed by atoms with E-state index >= 15 is 0 Å². The zero-order valence-electron chi connectivity index (χ0n) is 12.8. The lowest BCUT2D eigenvalue weighted by atomic mass is 10.0. The lowest BCUT2D eigenvalue weighted by Crippen LogP contribution is -2.44. The van der Waals surface area contributed by atoms with Crippen molar-refractivity contribution < 1.29 is 19.4 Å². The number of aliphatic carboxylic acids is 1. The number of ether oxygens (including phenoxy) is 1. The van der Waals surface area contributed by atoms with Gasteiger partial charge in [-0.25, -0.2) is 0 Å². The molecule has 0 unspecified atom stereocenters. The third-order valence-corrected chi connectivity index (χ3v) is 2.91. The van der Waals surface area contributed by atoms with Crippen LogP contribution in [-0.2, 0) is 9.59 Å². The Balaban J connectivity index is 2.24. The molecule has 0 fully saturated rings. The van der Waals surface area contributed by atoms with Crippen molar-refractivity contribution >= 4 is 11.9 Å². The van der Waals surface area contributed by atoms with Crippen LogP contribution in [0.2, 0.25) is 0 Å². The van der Waals surface area contributed by atoms with Gasteiger partial charge in [0, 0.05) is 12.0 Å². The van der Waals surface area contributed by atoms with Crippen LogP contribution < -0.4 is 10.1 Å². The number of nitrogens with one attached hydrogen (secondary N) is 1. The minimum atomic E-state index is -0.928. The topological polar surface area (TPSA) is 75.6 Å². The van der Waals surface area contributed by atoms with Crippen LogP contribution in [0.25, 0.3) is 0 Å². The van der Waals surface area contributed by atoms with Crippen molar-refractivity contribution in [2.24, 2.45) is 0 Å². The highest BCUT2D eigenvalue weighted by Gasteiger charge is 2.23. The van der Waals surface area contributed by atoms with Gasteiger partial charge >= 0.3 is 5.97 Å². The van der Waals surface area contributed by atoms with Gasteiger partial charge in [-0.3, -0.25) is 9.59 Å². The summed E-state index contributed by atoms with van der Waals surface area (Å²) in [7, 11) is 0. The third kappa shape index (κ3) is 7.34. The number of benzene rings is 1. The van der Waals surface area contributed by atoms with Crippen LogP contribution in [-0.4, -0.2) is 29.1 Å². The van der Waals surface area contributed by atoms with Gasteiger partial charge in [0.2, 0.25) is 5.91 Å². The number of carboxylic acids is 1. The molecule has 2 N–H and O–H groups in total. The normalized spacial score (nSPS) is 11.0. The lowest BCUT2D eigenvalue weighted by molar-refractivity contribution is -0.138. The van der Waals surface area contributed by atoms with Crippen molar-refractivity contribution in [2.45, 2.75) is 45.6 Å². The average Bonchev–Trinajstić information content (AvgIpc) is 2.34. The predicted octanol–water partition coefficient (Wildman–Crippen LogP) is 2.52. The molecule has 0 spiro atoms. The molecule has 0 aliphatic heterocycles. The highest BCUT2D eigenvalue weighted by molar-refractivity contribution is 5.78. The summed E-state index contributed by atoms with van der Waals surface area (Å²) < 4.78 is 5.53. The van der Waals surface area contributed by atoms with E-state index in [0.29, 0.717) is 19.4 Å². The zero-order valence-corrected chi connectivity index (χ0v) is 12.8. The molecule has 0 aromatic heterocycles. The molecular weight excluding hydrogens is 270 g/mol. The molecule has 1 amide bonds. The SMILES string of the molecule is Cc1ccc(OCCCC(=O)NC(C)(C)CC(=O)O)cc1. The van der Waals surface area contributed by atoms with Gasteiger partial charge in [-0.15, -0.1) is 0 Å². The Morgan fingerprint density at radius 1 is 1.24 bits per heavy atom. The van der Waals surface area contributed by atoms with E-state index in [4.69, 9.17) is 9.84 Å². The minimum Gasteiger partial charge on any atom is -0.494 e. The van der Waals surface area contributed by atoms with Crippen molar-refractivity contribution in [1.29, 1.82) is 0 Å². The van der Waals surface area contributed by atoms with Gasteiger partial charge in [0.15, 0.2) is 0 Å². The Hall–Kier alpha value is -2.04. The van der Waals surface area contributed by atoms with Gasteiger partial charge in [0.05, 0.1) is 13.0 Å². The summed E-state index contributed by atoms with van der Waals surface area (Å²) in [5.41, 5.74) is 0.433. The van der Waals surface area contributed by atoms with E-state index in [1.807, 2.05) is 31.2 Å². The van der Waals surface area contributed by atoms with E-state index in [9.17, 15) is 9.59 Å². The summed E-state index contributed by atoms with van der Waals surface area (Å²) in [4.78, 5) is 22.4. The van der Waals surface area contributed by atoms with Crippen molar-refractivity contribution in [1.82, 2.24) is 5.32 Å². The van der Waals surface area contributed by atoms with E-state index in [2.05, 4.69) is 5.32 Å². The quantitative estimate of drug-likeness (QED) is 0.722. The summed E-state index contributed by atoms with van der Waals surface area (Å²) >= 11 is 0. The number of amides is 1. The molecule has 0 aliphatic carbocycles. The maximum absolute atomic E-state index is 11.7. The van der Waals surface area contributed by atoms with Crippen LogP contribution in [0.4, 0.5) is 0 Å². The first-order chi connectivity index (χ1) is 9.78. The molecule has 0 bridgehead atoms. The van der Waals surface area contributed by atoms with Crippen LogP contribution in [0.5, 0.6) is 5.75 Å². The monoisotopic (exact) mass is 293 g/mol. The Morgan fingerprint density at radius 2 is 1.86 bits per heavy atom. The molecule has 1 rings (SSSR count). The summed E-state index contributed by atoms with van der Waals surface area (Å²) in [6.07, 6.45) is 0.802. The number of rotatable bonds is 8. The minimum absolute atomic E-state index is 0.0986. The predicted molar refractivity (Wildman–Crippen MR) is 80.4 cm³/mol. The van der Waals surface area contributed by atoms with E-state index in [1.54, 1.807) is 13.8 Å². The average molecular weight is 293 g/mol. The van der Waals surface area contributed by atoms with Gasteiger partial charge in [-0.05, 0) is 39.3 Å². The molecule has 0 radical (unpaired) electrons. The number of carboxylic acid groups (broad SMARTS) is 1. The molecule has 5 nitrogen and oxygen atoms in total. The molecule has 21 heavy (non-hydrogen) atoms. The maximum Gasteiger partial charge on any atom is 0.305 e. The van der Waals surface area contributed by atoms with Crippen LogP contribution in [0.15, 0.2) is 24.3 Å². The van der Waals surface area contributed by atoms with Crippen LogP contribution >= 0.6 is 0 Å². The second-order valence-electron chi connectivity index (χ2n) is 5.77. The van der Waals surface area contributed by atoms with Crippen LogP contribution in [0, 0.1) is 6.92 Å². The fourth-order valence-corrected chi connectivity index (χ4v) is 1.92. The Morgan fingerprint density at radius 3 is 2.43 bits per heavy atom. The van der Waals surface area contributed by atoms with Gasteiger partial charge in [-0.2, -0.15) is 0 Å². The first-order valence-electron chi connectivity index (χ1n) is 7.01. The molecule has 0 heterocycles. The lowest BCUT2D eigenvalue weighted by Gasteiger charge is -2.24. The summed E-state index contributed by atoms with van der Waals surface area (Å²) in [6.45, 7) is 5.85. The molecule has 0 aliphatic rings. The highest BCUT2D eigenvalue weighted by atomic mass is 16.5. The molecular formula is C16H23NO4. The van der Waals surface area contributed by atoms with Gasteiger partial charge < -0.3 is 15.2 Å². The third-order valence-electron chi connectivity index (χ3n) is 2.91. The largest absolute Gasteiger partial charge is 0.494 e. The Kier molecular flexibility index (Phi) is 6.21. The first kappa shape index (κ1) is 17.0. The van der Waals surface area contributed by atoms with Crippen molar-refractivity contribution in [3.05, 3.63) is 29.8 Å². The van der Waals surface area contributed by atoms with Crippen LogP contribution in [0.1, 0.15) is 38.7 Å². The van der Waals surface area contributed by atoms with E-state index in [1.165, 1.54) is 5.56 Å².